The lowest BCUT2D eigenvalue weighted by atomic mass is 9.92. The molecular formula is C19H31Cl2N3O. The quantitative estimate of drug-likeness (QED) is 0.705. The molecule has 4 nitrogen and oxygen atoms in total. The number of anilines is 1. The summed E-state index contributed by atoms with van der Waals surface area (Å²) in [5.74, 6) is 0.565. The second-order valence-corrected chi connectivity index (χ2v) is 6.93. The van der Waals surface area contributed by atoms with Crippen molar-refractivity contribution in [3.05, 3.63) is 30.3 Å². The Morgan fingerprint density at radius 3 is 2.56 bits per heavy atom. The first kappa shape index (κ1) is 22.1. The Labute approximate surface area is 163 Å². The summed E-state index contributed by atoms with van der Waals surface area (Å²) in [6, 6.07) is 10.5. The molecule has 1 amide bonds. The van der Waals surface area contributed by atoms with E-state index in [1.54, 1.807) is 0 Å². The summed E-state index contributed by atoms with van der Waals surface area (Å²) < 4.78 is 0. The summed E-state index contributed by atoms with van der Waals surface area (Å²) in [5.41, 5.74) is 1.60. The van der Waals surface area contributed by atoms with E-state index in [1.807, 2.05) is 6.07 Å². The third-order valence-corrected chi connectivity index (χ3v) is 5.51. The van der Waals surface area contributed by atoms with Gasteiger partial charge in [-0.1, -0.05) is 18.2 Å². The SMILES string of the molecule is CCN(CCCNC(=O)C1CC12CCNCC2)c1ccccc1.Cl.Cl. The van der Waals surface area contributed by atoms with Gasteiger partial charge in [0.25, 0.3) is 0 Å². The van der Waals surface area contributed by atoms with Crippen LogP contribution in [-0.2, 0) is 4.79 Å². The van der Waals surface area contributed by atoms with Gasteiger partial charge in [-0.15, -0.1) is 24.8 Å². The van der Waals surface area contributed by atoms with Gasteiger partial charge in [0.1, 0.15) is 0 Å². The zero-order valence-electron chi connectivity index (χ0n) is 15.0. The maximum atomic E-state index is 12.3. The number of piperidine rings is 1. The molecule has 0 radical (unpaired) electrons. The van der Waals surface area contributed by atoms with Crippen molar-refractivity contribution in [2.24, 2.45) is 11.3 Å². The van der Waals surface area contributed by atoms with Crippen LogP contribution in [0.3, 0.4) is 0 Å². The molecule has 1 atom stereocenters. The number of nitrogens with zero attached hydrogens (tertiary/aromatic N) is 1. The fourth-order valence-electron chi connectivity index (χ4n) is 3.91. The largest absolute Gasteiger partial charge is 0.372 e. The van der Waals surface area contributed by atoms with Gasteiger partial charge in [0.2, 0.25) is 5.91 Å². The topological polar surface area (TPSA) is 44.4 Å². The molecule has 1 aromatic rings. The van der Waals surface area contributed by atoms with Crippen LogP contribution in [0.1, 0.15) is 32.6 Å². The Morgan fingerprint density at radius 1 is 1.24 bits per heavy atom. The molecule has 6 heteroatoms. The van der Waals surface area contributed by atoms with Crippen LogP contribution < -0.4 is 15.5 Å². The fourth-order valence-corrected chi connectivity index (χ4v) is 3.91. The lowest BCUT2D eigenvalue weighted by Crippen LogP contribution is -2.35. The first-order chi connectivity index (χ1) is 11.2. The maximum absolute atomic E-state index is 12.3. The molecule has 3 rings (SSSR count). The smallest absolute Gasteiger partial charge is 0.223 e. The summed E-state index contributed by atoms with van der Waals surface area (Å²) >= 11 is 0. The maximum Gasteiger partial charge on any atom is 0.223 e. The summed E-state index contributed by atoms with van der Waals surface area (Å²) in [7, 11) is 0. The molecule has 0 bridgehead atoms. The predicted octanol–water partition coefficient (Wildman–Crippen LogP) is 3.25. The molecule has 142 valence electrons. The van der Waals surface area contributed by atoms with E-state index < -0.39 is 0 Å². The third kappa shape index (κ3) is 5.50. The van der Waals surface area contributed by atoms with Gasteiger partial charge in [0.15, 0.2) is 0 Å². The molecular weight excluding hydrogens is 357 g/mol. The van der Waals surface area contributed by atoms with E-state index in [1.165, 1.54) is 18.5 Å². The molecule has 0 aromatic heterocycles. The highest BCUT2D eigenvalue weighted by Gasteiger charge is 2.57. The van der Waals surface area contributed by atoms with Gasteiger partial charge >= 0.3 is 0 Å². The van der Waals surface area contributed by atoms with Crippen molar-refractivity contribution >= 4 is 36.4 Å². The van der Waals surface area contributed by atoms with Crippen LogP contribution in [-0.4, -0.2) is 38.6 Å². The number of hydrogen-bond donors (Lipinski definition) is 2. The Balaban J connectivity index is 0.00000156. The van der Waals surface area contributed by atoms with Crippen molar-refractivity contribution in [2.45, 2.75) is 32.6 Å². The van der Waals surface area contributed by atoms with Gasteiger partial charge in [-0.2, -0.15) is 0 Å². The van der Waals surface area contributed by atoms with Crippen LogP contribution in [0.2, 0.25) is 0 Å². The zero-order valence-corrected chi connectivity index (χ0v) is 16.6. The zero-order chi connectivity index (χ0) is 16.1. The average Bonchev–Trinajstić information content (AvgIpc) is 3.29. The minimum absolute atomic E-state index is 0. The van der Waals surface area contributed by atoms with Gasteiger partial charge < -0.3 is 15.5 Å². The molecule has 2 aliphatic rings. The van der Waals surface area contributed by atoms with E-state index in [2.05, 4.69) is 46.7 Å². The number of halogens is 2. The Kier molecular flexibility index (Phi) is 9.04. The van der Waals surface area contributed by atoms with Crippen molar-refractivity contribution in [3.8, 4) is 0 Å². The third-order valence-electron chi connectivity index (χ3n) is 5.51. The van der Waals surface area contributed by atoms with Gasteiger partial charge in [0, 0.05) is 31.2 Å². The fraction of sp³-hybridized carbons (Fsp3) is 0.632. The number of amides is 1. The molecule has 1 heterocycles. The predicted molar refractivity (Wildman–Crippen MR) is 109 cm³/mol. The van der Waals surface area contributed by atoms with Crippen LogP contribution in [0.15, 0.2) is 30.3 Å². The summed E-state index contributed by atoms with van der Waals surface area (Å²) in [5, 5.41) is 6.55. The van der Waals surface area contributed by atoms with E-state index in [4.69, 9.17) is 0 Å². The Morgan fingerprint density at radius 2 is 1.92 bits per heavy atom. The van der Waals surface area contributed by atoms with Crippen LogP contribution in [0.25, 0.3) is 0 Å². The number of para-hydroxylation sites is 1. The van der Waals surface area contributed by atoms with Crippen molar-refractivity contribution < 1.29 is 4.79 Å². The molecule has 2 fully saturated rings. The van der Waals surface area contributed by atoms with Crippen LogP contribution in [0.4, 0.5) is 5.69 Å². The summed E-state index contributed by atoms with van der Waals surface area (Å²) in [4.78, 5) is 14.7. The minimum atomic E-state index is 0. The standard InChI is InChI=1S/C19H29N3O.2ClH/c1-2-22(16-7-4-3-5-8-16)14-6-11-21-18(23)17-15-19(17)9-12-20-13-10-19;;/h3-5,7-8,17,20H,2,6,9-15H2,1H3,(H,21,23);2*1H. The lowest BCUT2D eigenvalue weighted by molar-refractivity contribution is -0.123. The van der Waals surface area contributed by atoms with Gasteiger partial charge in [-0.3, -0.25) is 4.79 Å². The molecule has 1 aromatic carbocycles. The van der Waals surface area contributed by atoms with E-state index in [9.17, 15) is 4.79 Å². The van der Waals surface area contributed by atoms with Gasteiger partial charge in [0.05, 0.1) is 0 Å². The van der Waals surface area contributed by atoms with E-state index in [0.29, 0.717) is 5.41 Å². The minimum Gasteiger partial charge on any atom is -0.372 e. The van der Waals surface area contributed by atoms with Gasteiger partial charge in [-0.25, -0.2) is 0 Å². The van der Waals surface area contributed by atoms with Crippen LogP contribution in [0, 0.1) is 11.3 Å². The highest BCUT2D eigenvalue weighted by molar-refractivity contribution is 5.85. The highest BCUT2D eigenvalue weighted by Crippen LogP contribution is 2.58. The summed E-state index contributed by atoms with van der Waals surface area (Å²) in [6.45, 7) is 7.10. The first-order valence-electron chi connectivity index (χ1n) is 9.03. The molecule has 1 saturated heterocycles. The van der Waals surface area contributed by atoms with E-state index in [-0.39, 0.29) is 36.6 Å². The van der Waals surface area contributed by atoms with Crippen molar-refractivity contribution in [1.29, 1.82) is 0 Å². The van der Waals surface area contributed by atoms with Crippen molar-refractivity contribution in [3.63, 3.8) is 0 Å². The number of hydrogen-bond acceptors (Lipinski definition) is 3. The number of carbonyl (C=O) groups is 1. The average molecular weight is 388 g/mol. The lowest BCUT2D eigenvalue weighted by Gasteiger charge is -2.24. The summed E-state index contributed by atoms with van der Waals surface area (Å²) in [6.07, 6.45) is 4.44. The Hall–Kier alpha value is -0.970. The van der Waals surface area contributed by atoms with Gasteiger partial charge in [-0.05, 0) is 63.2 Å². The number of benzene rings is 1. The van der Waals surface area contributed by atoms with E-state index in [0.717, 1.165) is 45.6 Å². The molecule has 1 aliphatic carbocycles. The molecule has 1 aliphatic heterocycles. The molecule has 2 N–H and O–H groups in total. The normalized spacial score (nSPS) is 20.1. The molecule has 1 saturated carbocycles. The van der Waals surface area contributed by atoms with Crippen molar-refractivity contribution in [2.75, 3.05) is 37.6 Å². The number of nitrogens with one attached hydrogen (secondary N) is 2. The van der Waals surface area contributed by atoms with E-state index >= 15 is 0 Å². The number of rotatable bonds is 7. The first-order valence-corrected chi connectivity index (χ1v) is 9.03. The van der Waals surface area contributed by atoms with Crippen LogP contribution in [0.5, 0.6) is 0 Å². The number of carbonyl (C=O) groups excluding carboxylic acids is 1. The molecule has 25 heavy (non-hydrogen) atoms. The molecule has 1 spiro atoms. The van der Waals surface area contributed by atoms with Crippen LogP contribution >= 0.6 is 24.8 Å². The second-order valence-electron chi connectivity index (χ2n) is 6.93. The van der Waals surface area contributed by atoms with Crippen molar-refractivity contribution in [1.82, 2.24) is 10.6 Å². The highest BCUT2D eigenvalue weighted by atomic mass is 35.5. The monoisotopic (exact) mass is 387 g/mol. The second kappa shape index (κ2) is 10.2. The Bertz CT molecular complexity index is 521. The molecule has 1 unspecified atom stereocenters.